The zero-order valence-electron chi connectivity index (χ0n) is 9.77. The first kappa shape index (κ1) is 14.1. The van der Waals surface area contributed by atoms with Crippen molar-refractivity contribution in [2.24, 2.45) is 0 Å². The summed E-state index contributed by atoms with van der Waals surface area (Å²) < 4.78 is 33.4. The van der Waals surface area contributed by atoms with Gasteiger partial charge in [0, 0.05) is 12.1 Å². The number of benzene rings is 1. The van der Waals surface area contributed by atoms with E-state index in [9.17, 15) is 18.9 Å². The van der Waals surface area contributed by atoms with Crippen molar-refractivity contribution in [1.82, 2.24) is 0 Å². The highest BCUT2D eigenvalue weighted by atomic mass is 19.3. The first-order chi connectivity index (χ1) is 8.54. The molecule has 0 aromatic heterocycles. The summed E-state index contributed by atoms with van der Waals surface area (Å²) in [5.74, 6) is -0.228. The van der Waals surface area contributed by atoms with Gasteiger partial charge in [0.1, 0.15) is 5.75 Å². The molecule has 0 heterocycles. The predicted molar refractivity (Wildman–Crippen MR) is 60.1 cm³/mol. The molecule has 100 valence electrons. The van der Waals surface area contributed by atoms with Gasteiger partial charge in [-0.15, -0.1) is 0 Å². The Hall–Kier alpha value is -1.92. The fourth-order valence-corrected chi connectivity index (χ4v) is 1.26. The highest BCUT2D eigenvalue weighted by molar-refractivity contribution is 5.50. The lowest BCUT2D eigenvalue weighted by Crippen LogP contribution is -2.04. The molecule has 18 heavy (non-hydrogen) atoms. The van der Waals surface area contributed by atoms with Crippen LogP contribution in [-0.4, -0.2) is 18.1 Å². The van der Waals surface area contributed by atoms with E-state index < -0.39 is 11.5 Å². The van der Waals surface area contributed by atoms with Crippen molar-refractivity contribution in [3.05, 3.63) is 28.3 Å². The van der Waals surface area contributed by atoms with E-state index in [1.165, 1.54) is 0 Å². The molecule has 0 aliphatic heterocycles. The number of halogens is 2. The fourth-order valence-electron chi connectivity index (χ4n) is 1.26. The van der Waals surface area contributed by atoms with Crippen LogP contribution in [-0.2, 0) is 0 Å². The van der Waals surface area contributed by atoms with Gasteiger partial charge in [-0.3, -0.25) is 10.1 Å². The van der Waals surface area contributed by atoms with E-state index in [0.29, 0.717) is 0 Å². The van der Waals surface area contributed by atoms with Crippen LogP contribution in [0.15, 0.2) is 18.2 Å². The van der Waals surface area contributed by atoms with Crippen molar-refractivity contribution < 1.29 is 23.2 Å². The van der Waals surface area contributed by atoms with Crippen LogP contribution in [0.2, 0.25) is 0 Å². The molecule has 0 spiro atoms. The molecule has 0 unspecified atom stereocenters. The predicted octanol–water partition coefficient (Wildman–Crippen LogP) is 3.38. The minimum atomic E-state index is -2.98. The lowest BCUT2D eigenvalue weighted by Gasteiger charge is -2.09. The number of nitro groups is 1. The van der Waals surface area contributed by atoms with E-state index in [1.807, 2.05) is 6.92 Å². The smallest absolute Gasteiger partial charge is 0.387 e. The lowest BCUT2D eigenvalue weighted by atomic mass is 10.2. The van der Waals surface area contributed by atoms with E-state index >= 15 is 0 Å². The summed E-state index contributed by atoms with van der Waals surface area (Å²) in [6, 6.07) is 3.29. The number of hydrogen-bond acceptors (Lipinski definition) is 4. The number of nitrogens with zero attached hydrogens (tertiary/aromatic N) is 1. The van der Waals surface area contributed by atoms with E-state index in [2.05, 4.69) is 4.74 Å². The second kappa shape index (κ2) is 6.73. The molecule has 0 fully saturated rings. The highest BCUT2D eigenvalue weighted by Gasteiger charge is 2.17. The van der Waals surface area contributed by atoms with Crippen LogP contribution >= 0.6 is 0 Å². The van der Waals surface area contributed by atoms with E-state index in [0.717, 1.165) is 31.0 Å². The second-order valence-electron chi connectivity index (χ2n) is 3.47. The third-order valence-corrected chi connectivity index (χ3v) is 2.11. The largest absolute Gasteiger partial charge is 0.487 e. The number of rotatable bonds is 7. The molecule has 1 aromatic rings. The van der Waals surface area contributed by atoms with Crippen LogP contribution in [0.25, 0.3) is 0 Å². The normalized spacial score (nSPS) is 10.4. The van der Waals surface area contributed by atoms with Gasteiger partial charge in [0.15, 0.2) is 0 Å². The Morgan fingerprint density at radius 2 is 2.17 bits per heavy atom. The maximum atomic E-state index is 12.0. The standard InChI is InChI=1S/C11H13F2NO4/c1-2-3-6-17-10-7-8(18-11(12)13)4-5-9(10)14(15)16/h4-5,7,11H,2-3,6H2,1H3. The summed E-state index contributed by atoms with van der Waals surface area (Å²) in [7, 11) is 0. The molecule has 0 aliphatic rings. The Morgan fingerprint density at radius 3 is 2.72 bits per heavy atom. The molecule has 0 N–H and O–H groups in total. The van der Waals surface area contributed by atoms with Gasteiger partial charge < -0.3 is 9.47 Å². The zero-order chi connectivity index (χ0) is 13.5. The SMILES string of the molecule is CCCCOc1cc(OC(F)F)ccc1[N+](=O)[O-]. The van der Waals surface area contributed by atoms with Crippen LogP contribution in [0.5, 0.6) is 11.5 Å². The molecule has 7 heteroatoms. The Balaban J connectivity index is 2.88. The molecule has 0 amide bonds. The molecule has 0 aliphatic carbocycles. The van der Waals surface area contributed by atoms with Gasteiger partial charge in [-0.25, -0.2) is 0 Å². The van der Waals surface area contributed by atoms with Gasteiger partial charge in [-0.2, -0.15) is 8.78 Å². The first-order valence-electron chi connectivity index (χ1n) is 5.40. The third-order valence-electron chi connectivity index (χ3n) is 2.11. The molecular formula is C11H13F2NO4. The van der Waals surface area contributed by atoms with E-state index in [4.69, 9.17) is 4.74 Å². The number of ether oxygens (including phenoxy) is 2. The zero-order valence-corrected chi connectivity index (χ0v) is 9.77. The minimum absolute atomic E-state index is 0.0633. The molecule has 0 radical (unpaired) electrons. The van der Waals surface area contributed by atoms with Crippen LogP contribution < -0.4 is 9.47 Å². The summed E-state index contributed by atoms with van der Waals surface area (Å²) in [5.41, 5.74) is -0.271. The van der Waals surface area contributed by atoms with Crippen molar-refractivity contribution in [3.63, 3.8) is 0 Å². The minimum Gasteiger partial charge on any atom is -0.487 e. The summed E-state index contributed by atoms with van der Waals surface area (Å²) in [6.45, 7) is -0.751. The highest BCUT2D eigenvalue weighted by Crippen LogP contribution is 2.31. The van der Waals surface area contributed by atoms with Crippen molar-refractivity contribution in [3.8, 4) is 11.5 Å². The maximum absolute atomic E-state index is 12.0. The monoisotopic (exact) mass is 261 g/mol. The van der Waals surface area contributed by atoms with Crippen molar-refractivity contribution in [1.29, 1.82) is 0 Å². The molecule has 1 aromatic carbocycles. The number of unbranched alkanes of at least 4 members (excludes halogenated alkanes) is 1. The molecule has 0 atom stereocenters. The summed E-state index contributed by atoms with van der Waals surface area (Å²) in [4.78, 5) is 10.1. The Bertz CT molecular complexity index is 412. The Kier molecular flexibility index (Phi) is 5.29. The maximum Gasteiger partial charge on any atom is 0.387 e. The number of nitro benzene ring substituents is 1. The van der Waals surface area contributed by atoms with E-state index in [-0.39, 0.29) is 23.8 Å². The van der Waals surface area contributed by atoms with Crippen molar-refractivity contribution in [2.75, 3.05) is 6.61 Å². The van der Waals surface area contributed by atoms with Gasteiger partial charge in [0.25, 0.3) is 0 Å². The van der Waals surface area contributed by atoms with Gasteiger partial charge >= 0.3 is 12.3 Å². The summed E-state index contributed by atoms with van der Waals surface area (Å²) in [5, 5.41) is 10.7. The van der Waals surface area contributed by atoms with Gasteiger partial charge in [-0.1, -0.05) is 13.3 Å². The van der Waals surface area contributed by atoms with Crippen LogP contribution in [0, 0.1) is 10.1 Å². The number of alkyl halides is 2. The molecule has 5 nitrogen and oxygen atoms in total. The molecule has 0 bridgehead atoms. The van der Waals surface area contributed by atoms with Crippen LogP contribution in [0.4, 0.5) is 14.5 Å². The quantitative estimate of drug-likeness (QED) is 0.429. The third kappa shape index (κ3) is 4.15. The Morgan fingerprint density at radius 1 is 1.44 bits per heavy atom. The summed E-state index contributed by atoms with van der Waals surface area (Å²) in [6.07, 6.45) is 1.58. The first-order valence-corrected chi connectivity index (χ1v) is 5.40. The molecule has 0 saturated heterocycles. The lowest BCUT2D eigenvalue weighted by molar-refractivity contribution is -0.385. The Labute approximate surface area is 102 Å². The van der Waals surface area contributed by atoms with Crippen molar-refractivity contribution in [2.45, 2.75) is 26.4 Å². The molecule has 1 rings (SSSR count). The van der Waals surface area contributed by atoms with Gasteiger partial charge in [0.05, 0.1) is 11.5 Å². The van der Waals surface area contributed by atoms with Crippen LogP contribution in [0.3, 0.4) is 0 Å². The van der Waals surface area contributed by atoms with E-state index in [1.54, 1.807) is 0 Å². The van der Waals surface area contributed by atoms with Gasteiger partial charge in [0.2, 0.25) is 5.75 Å². The van der Waals surface area contributed by atoms with Crippen molar-refractivity contribution >= 4 is 5.69 Å². The molecular weight excluding hydrogens is 248 g/mol. The topological polar surface area (TPSA) is 61.6 Å². The van der Waals surface area contributed by atoms with Crippen LogP contribution in [0.1, 0.15) is 19.8 Å². The summed E-state index contributed by atoms with van der Waals surface area (Å²) >= 11 is 0. The average Bonchev–Trinajstić information content (AvgIpc) is 2.28. The second-order valence-corrected chi connectivity index (χ2v) is 3.47. The number of hydrogen-bond donors (Lipinski definition) is 0. The molecule has 0 saturated carbocycles. The van der Waals surface area contributed by atoms with Gasteiger partial charge in [-0.05, 0) is 12.5 Å². The average molecular weight is 261 g/mol. The fraction of sp³-hybridized carbons (Fsp3) is 0.455.